The molecule has 0 aliphatic rings. The van der Waals surface area contributed by atoms with Crippen molar-refractivity contribution >= 4 is 40.4 Å². The number of halogens is 2. The van der Waals surface area contributed by atoms with E-state index in [0.29, 0.717) is 32.5 Å². The molecule has 0 aromatic heterocycles. The second-order valence-electron chi connectivity index (χ2n) is 6.95. The van der Waals surface area contributed by atoms with Gasteiger partial charge in [0.15, 0.2) is 5.78 Å². The maximum atomic E-state index is 12.9. The molecule has 4 N–H and O–H groups in total. The number of benzene rings is 4. The summed E-state index contributed by atoms with van der Waals surface area (Å²) in [6, 6.07) is 25.3. The second-order valence-corrected chi connectivity index (χ2v) is 7.82. The smallest absolute Gasteiger partial charge is 0.193 e. The molecule has 4 rings (SSSR count). The molecule has 0 amide bonds. The van der Waals surface area contributed by atoms with Crippen molar-refractivity contribution in [2.45, 2.75) is 0 Å². The van der Waals surface area contributed by atoms with Gasteiger partial charge < -0.3 is 11.5 Å². The molecule has 0 radical (unpaired) electrons. The molecule has 30 heavy (non-hydrogen) atoms. The van der Waals surface area contributed by atoms with Gasteiger partial charge in [0.05, 0.1) is 0 Å². The summed E-state index contributed by atoms with van der Waals surface area (Å²) in [5, 5.41) is 1.22. The molecular formula is C25H18Cl2N2O. The Morgan fingerprint density at radius 3 is 1.30 bits per heavy atom. The summed E-state index contributed by atoms with van der Waals surface area (Å²) in [6.07, 6.45) is 0. The van der Waals surface area contributed by atoms with E-state index in [-0.39, 0.29) is 5.78 Å². The highest BCUT2D eigenvalue weighted by Gasteiger charge is 2.11. The van der Waals surface area contributed by atoms with Crippen molar-refractivity contribution in [2.24, 2.45) is 0 Å². The van der Waals surface area contributed by atoms with Gasteiger partial charge in [0.1, 0.15) is 0 Å². The SMILES string of the molecule is Nc1ccc(Cl)cc1-c1ccc(C(=O)c2ccc(-c3cc(Cl)ccc3N)cc2)cc1. The number of hydrogen-bond acceptors (Lipinski definition) is 3. The lowest BCUT2D eigenvalue weighted by Crippen LogP contribution is -2.01. The van der Waals surface area contributed by atoms with Crippen LogP contribution >= 0.6 is 23.2 Å². The fraction of sp³-hybridized carbons (Fsp3) is 0. The molecule has 0 atom stereocenters. The topological polar surface area (TPSA) is 69.1 Å². The van der Waals surface area contributed by atoms with Crippen LogP contribution in [0.15, 0.2) is 84.9 Å². The Labute approximate surface area is 184 Å². The van der Waals surface area contributed by atoms with Gasteiger partial charge in [0, 0.05) is 43.7 Å². The van der Waals surface area contributed by atoms with Crippen molar-refractivity contribution in [3.8, 4) is 22.3 Å². The highest BCUT2D eigenvalue weighted by Crippen LogP contribution is 2.31. The molecule has 0 spiro atoms. The summed E-state index contributed by atoms with van der Waals surface area (Å²) in [4.78, 5) is 12.9. The number of ketones is 1. The summed E-state index contributed by atoms with van der Waals surface area (Å²) in [6.45, 7) is 0. The van der Waals surface area contributed by atoms with Gasteiger partial charge in [-0.15, -0.1) is 0 Å². The third-order valence-corrected chi connectivity index (χ3v) is 5.42. The van der Waals surface area contributed by atoms with Crippen LogP contribution in [-0.2, 0) is 0 Å². The van der Waals surface area contributed by atoms with Gasteiger partial charge in [-0.25, -0.2) is 0 Å². The molecule has 0 saturated carbocycles. The Morgan fingerprint density at radius 2 is 0.933 bits per heavy atom. The first kappa shape index (κ1) is 20.0. The second kappa shape index (κ2) is 8.23. The largest absolute Gasteiger partial charge is 0.398 e. The molecular weight excluding hydrogens is 415 g/mol. The Balaban J connectivity index is 1.59. The minimum atomic E-state index is -0.0637. The van der Waals surface area contributed by atoms with Gasteiger partial charge in [-0.1, -0.05) is 71.7 Å². The van der Waals surface area contributed by atoms with E-state index < -0.39 is 0 Å². The number of rotatable bonds is 4. The van der Waals surface area contributed by atoms with Crippen molar-refractivity contribution in [2.75, 3.05) is 11.5 Å². The summed E-state index contributed by atoms with van der Waals surface area (Å²) in [5.74, 6) is -0.0637. The Bertz CT molecular complexity index is 1140. The average Bonchev–Trinajstić information content (AvgIpc) is 2.77. The van der Waals surface area contributed by atoms with Crippen molar-refractivity contribution < 1.29 is 4.79 Å². The molecule has 0 unspecified atom stereocenters. The first-order valence-electron chi connectivity index (χ1n) is 9.28. The molecule has 0 heterocycles. The Kier molecular flexibility index (Phi) is 5.49. The van der Waals surface area contributed by atoms with Gasteiger partial charge in [-0.3, -0.25) is 4.79 Å². The van der Waals surface area contributed by atoms with Crippen molar-refractivity contribution in [3.63, 3.8) is 0 Å². The Hall–Kier alpha value is -3.27. The maximum Gasteiger partial charge on any atom is 0.193 e. The highest BCUT2D eigenvalue weighted by molar-refractivity contribution is 6.31. The summed E-state index contributed by atoms with van der Waals surface area (Å²) in [5.41, 5.74) is 18.0. The van der Waals surface area contributed by atoms with Crippen LogP contribution in [0, 0.1) is 0 Å². The van der Waals surface area contributed by atoms with Gasteiger partial charge in [-0.2, -0.15) is 0 Å². The molecule has 0 fully saturated rings. The molecule has 3 nitrogen and oxygen atoms in total. The zero-order valence-corrected chi connectivity index (χ0v) is 17.4. The van der Waals surface area contributed by atoms with E-state index in [1.165, 1.54) is 0 Å². The molecule has 0 aliphatic carbocycles. The molecule has 5 heteroatoms. The van der Waals surface area contributed by atoms with Crippen LogP contribution < -0.4 is 11.5 Å². The van der Waals surface area contributed by atoms with E-state index in [1.807, 2.05) is 36.4 Å². The summed E-state index contributed by atoms with van der Waals surface area (Å²) < 4.78 is 0. The minimum absolute atomic E-state index is 0.0637. The number of nitrogens with two attached hydrogens (primary N) is 2. The fourth-order valence-corrected chi connectivity index (χ4v) is 3.67. The number of carbonyl (C=O) groups excluding carboxylic acids is 1. The fourth-order valence-electron chi connectivity index (χ4n) is 3.33. The van der Waals surface area contributed by atoms with Crippen LogP contribution in [0.2, 0.25) is 10.0 Å². The van der Waals surface area contributed by atoms with E-state index >= 15 is 0 Å². The third-order valence-electron chi connectivity index (χ3n) is 4.95. The molecule has 4 aromatic rings. The van der Waals surface area contributed by atoms with Crippen LogP contribution in [0.4, 0.5) is 11.4 Å². The normalized spacial score (nSPS) is 10.7. The van der Waals surface area contributed by atoms with Crippen LogP contribution in [0.1, 0.15) is 15.9 Å². The van der Waals surface area contributed by atoms with Gasteiger partial charge in [0.25, 0.3) is 0 Å². The molecule has 0 saturated heterocycles. The van der Waals surface area contributed by atoms with Gasteiger partial charge in [0.2, 0.25) is 0 Å². The minimum Gasteiger partial charge on any atom is -0.398 e. The first-order valence-corrected chi connectivity index (χ1v) is 10.0. The summed E-state index contributed by atoms with van der Waals surface area (Å²) in [7, 11) is 0. The molecule has 0 bridgehead atoms. The number of nitrogen functional groups attached to an aromatic ring is 2. The monoisotopic (exact) mass is 432 g/mol. The Morgan fingerprint density at radius 1 is 0.567 bits per heavy atom. The van der Waals surface area contributed by atoms with Crippen LogP contribution in [0.5, 0.6) is 0 Å². The van der Waals surface area contributed by atoms with E-state index in [1.54, 1.807) is 48.5 Å². The van der Waals surface area contributed by atoms with E-state index in [9.17, 15) is 4.79 Å². The summed E-state index contributed by atoms with van der Waals surface area (Å²) >= 11 is 12.2. The van der Waals surface area contributed by atoms with Crippen LogP contribution in [0.25, 0.3) is 22.3 Å². The van der Waals surface area contributed by atoms with E-state index in [0.717, 1.165) is 22.3 Å². The third kappa shape index (κ3) is 4.04. The highest BCUT2D eigenvalue weighted by atomic mass is 35.5. The molecule has 0 aliphatic heterocycles. The van der Waals surface area contributed by atoms with Gasteiger partial charge >= 0.3 is 0 Å². The predicted octanol–water partition coefficient (Wildman–Crippen LogP) is 6.72. The van der Waals surface area contributed by atoms with E-state index in [4.69, 9.17) is 34.7 Å². The van der Waals surface area contributed by atoms with Crippen LogP contribution in [0.3, 0.4) is 0 Å². The number of carbonyl (C=O) groups is 1. The lowest BCUT2D eigenvalue weighted by Gasteiger charge is -2.09. The molecule has 4 aromatic carbocycles. The van der Waals surface area contributed by atoms with Gasteiger partial charge in [-0.05, 0) is 47.5 Å². The zero-order valence-electron chi connectivity index (χ0n) is 15.9. The standard InChI is InChI=1S/C25H18Cl2N2O/c26-19-9-11-23(28)21(13-19)15-1-5-17(6-2-15)25(30)18-7-3-16(4-8-18)22-14-20(27)10-12-24(22)29/h1-14H,28-29H2. The lowest BCUT2D eigenvalue weighted by molar-refractivity contribution is 0.103. The number of hydrogen-bond donors (Lipinski definition) is 2. The quantitative estimate of drug-likeness (QED) is 0.277. The lowest BCUT2D eigenvalue weighted by atomic mass is 9.97. The number of anilines is 2. The predicted molar refractivity (Wildman–Crippen MR) is 126 cm³/mol. The average molecular weight is 433 g/mol. The van der Waals surface area contributed by atoms with Crippen molar-refractivity contribution in [1.29, 1.82) is 0 Å². The van der Waals surface area contributed by atoms with Crippen LogP contribution in [-0.4, -0.2) is 5.78 Å². The van der Waals surface area contributed by atoms with Crippen molar-refractivity contribution in [1.82, 2.24) is 0 Å². The van der Waals surface area contributed by atoms with E-state index in [2.05, 4.69) is 0 Å². The van der Waals surface area contributed by atoms with Crippen molar-refractivity contribution in [3.05, 3.63) is 106 Å². The maximum absolute atomic E-state index is 12.9. The molecule has 148 valence electrons. The first-order chi connectivity index (χ1) is 14.4. The zero-order chi connectivity index (χ0) is 21.3.